The number of aromatic nitrogens is 1. The van der Waals surface area contributed by atoms with Crippen LogP contribution in [0, 0.1) is 6.92 Å². The van der Waals surface area contributed by atoms with Gasteiger partial charge in [0.25, 0.3) is 5.91 Å². The molecule has 0 unspecified atom stereocenters. The first-order chi connectivity index (χ1) is 9.98. The van der Waals surface area contributed by atoms with Crippen LogP contribution in [0.2, 0.25) is 0 Å². The molecule has 0 radical (unpaired) electrons. The average molecular weight is 302 g/mol. The summed E-state index contributed by atoms with van der Waals surface area (Å²) in [5, 5.41) is 5.07. The molecule has 6 heteroatoms. The number of esters is 1. The summed E-state index contributed by atoms with van der Waals surface area (Å²) in [6.45, 7) is 3.47. The lowest BCUT2D eigenvalue weighted by molar-refractivity contribution is -0.134. The zero-order valence-corrected chi connectivity index (χ0v) is 12.5. The van der Waals surface area contributed by atoms with Gasteiger partial charge in [-0.05, 0) is 25.5 Å². The highest BCUT2D eigenvalue weighted by molar-refractivity contribution is 7.13. The van der Waals surface area contributed by atoms with E-state index in [9.17, 15) is 9.59 Å². The Morgan fingerprint density at radius 2 is 2.19 bits per heavy atom. The second-order valence-electron chi connectivity index (χ2n) is 5.20. The van der Waals surface area contributed by atoms with Crippen molar-refractivity contribution in [2.45, 2.75) is 25.9 Å². The number of fused-ring (bicyclic) bond motifs is 1. The number of amides is 1. The van der Waals surface area contributed by atoms with Crippen LogP contribution in [0.15, 0.2) is 29.6 Å². The Morgan fingerprint density at radius 3 is 2.90 bits per heavy atom. The molecule has 1 amide bonds. The number of ether oxygens (including phenoxy) is 1. The van der Waals surface area contributed by atoms with Gasteiger partial charge in [-0.25, -0.2) is 9.78 Å². The number of carbonyl (C=O) groups is 2. The van der Waals surface area contributed by atoms with Crippen LogP contribution in [0.3, 0.4) is 0 Å². The van der Waals surface area contributed by atoms with Crippen molar-refractivity contribution in [1.29, 1.82) is 0 Å². The van der Waals surface area contributed by atoms with E-state index in [-0.39, 0.29) is 5.91 Å². The number of aryl methyl sites for hydroxylation is 1. The maximum Gasteiger partial charge on any atom is 0.339 e. The lowest BCUT2D eigenvalue weighted by Crippen LogP contribution is -2.48. The highest BCUT2D eigenvalue weighted by Crippen LogP contribution is 2.29. The van der Waals surface area contributed by atoms with E-state index >= 15 is 0 Å². The summed E-state index contributed by atoms with van der Waals surface area (Å²) in [5.41, 5.74) is 0.964. The minimum Gasteiger partial charge on any atom is -0.445 e. The van der Waals surface area contributed by atoms with Crippen molar-refractivity contribution < 1.29 is 14.3 Å². The molecule has 0 fully saturated rings. The van der Waals surface area contributed by atoms with E-state index in [0.717, 1.165) is 11.3 Å². The van der Waals surface area contributed by atoms with Gasteiger partial charge in [-0.15, -0.1) is 11.3 Å². The SMILES string of the molecule is Cc1csc(NC(=O)[C@@]2(C)Cc3ccccc3C(=O)O2)n1. The van der Waals surface area contributed by atoms with Crippen molar-refractivity contribution in [2.75, 3.05) is 5.32 Å². The van der Waals surface area contributed by atoms with E-state index in [0.29, 0.717) is 17.1 Å². The fourth-order valence-corrected chi connectivity index (χ4v) is 2.98. The zero-order valence-electron chi connectivity index (χ0n) is 11.7. The number of nitrogens with one attached hydrogen (secondary N) is 1. The Labute approximate surface area is 126 Å². The van der Waals surface area contributed by atoms with Gasteiger partial charge in [0.1, 0.15) is 0 Å². The fourth-order valence-electron chi connectivity index (χ4n) is 2.30. The van der Waals surface area contributed by atoms with Gasteiger partial charge in [0, 0.05) is 11.8 Å². The monoisotopic (exact) mass is 302 g/mol. The molecule has 108 valence electrons. The molecule has 1 aromatic carbocycles. The van der Waals surface area contributed by atoms with Gasteiger partial charge in [0.15, 0.2) is 10.7 Å². The number of anilines is 1. The van der Waals surface area contributed by atoms with Crippen LogP contribution in [0.1, 0.15) is 28.5 Å². The predicted molar refractivity (Wildman–Crippen MR) is 79.4 cm³/mol. The predicted octanol–water partition coefficient (Wildman–Crippen LogP) is 2.56. The Morgan fingerprint density at radius 1 is 1.43 bits per heavy atom. The molecule has 1 atom stereocenters. The Kier molecular flexibility index (Phi) is 3.25. The number of hydrogen-bond acceptors (Lipinski definition) is 5. The highest BCUT2D eigenvalue weighted by atomic mass is 32.1. The van der Waals surface area contributed by atoms with E-state index in [1.165, 1.54) is 11.3 Å². The summed E-state index contributed by atoms with van der Waals surface area (Å²) >= 11 is 1.34. The Balaban J connectivity index is 1.85. The number of thiazole rings is 1. The topological polar surface area (TPSA) is 68.3 Å². The minimum atomic E-state index is -1.22. The lowest BCUT2D eigenvalue weighted by Gasteiger charge is -2.32. The van der Waals surface area contributed by atoms with Crippen molar-refractivity contribution in [3.63, 3.8) is 0 Å². The molecule has 21 heavy (non-hydrogen) atoms. The first-order valence-corrected chi connectivity index (χ1v) is 7.41. The Bertz CT molecular complexity index is 725. The molecule has 1 aliphatic heterocycles. The number of nitrogens with zero attached hydrogens (tertiary/aromatic N) is 1. The smallest absolute Gasteiger partial charge is 0.339 e. The summed E-state index contributed by atoms with van der Waals surface area (Å²) in [6, 6.07) is 7.18. The zero-order chi connectivity index (χ0) is 15.0. The van der Waals surface area contributed by atoms with Crippen LogP contribution in [0.25, 0.3) is 0 Å². The number of carbonyl (C=O) groups excluding carboxylic acids is 2. The normalized spacial score (nSPS) is 20.6. The molecular weight excluding hydrogens is 288 g/mol. The van der Waals surface area contributed by atoms with Gasteiger partial charge in [0.2, 0.25) is 0 Å². The number of rotatable bonds is 2. The lowest BCUT2D eigenvalue weighted by atomic mass is 9.89. The van der Waals surface area contributed by atoms with Crippen LogP contribution in [0.4, 0.5) is 5.13 Å². The summed E-state index contributed by atoms with van der Waals surface area (Å²) in [4.78, 5) is 28.7. The number of hydrogen-bond donors (Lipinski definition) is 1. The van der Waals surface area contributed by atoms with E-state index in [2.05, 4.69) is 10.3 Å². The van der Waals surface area contributed by atoms with Gasteiger partial charge in [-0.1, -0.05) is 18.2 Å². The van der Waals surface area contributed by atoms with Gasteiger partial charge in [0.05, 0.1) is 11.3 Å². The molecule has 1 N–H and O–H groups in total. The van der Waals surface area contributed by atoms with Crippen LogP contribution in [-0.4, -0.2) is 22.5 Å². The summed E-state index contributed by atoms with van der Waals surface area (Å²) in [6.07, 6.45) is 0.352. The van der Waals surface area contributed by atoms with Gasteiger partial charge in [-0.2, -0.15) is 0 Å². The largest absolute Gasteiger partial charge is 0.445 e. The first kappa shape index (κ1) is 13.8. The van der Waals surface area contributed by atoms with Crippen molar-refractivity contribution >= 4 is 28.3 Å². The fraction of sp³-hybridized carbons (Fsp3) is 0.267. The number of benzene rings is 1. The Hall–Kier alpha value is -2.21. The summed E-state index contributed by atoms with van der Waals surface area (Å²) in [5.74, 6) is -0.829. The molecule has 0 spiro atoms. The molecule has 2 heterocycles. The summed E-state index contributed by atoms with van der Waals surface area (Å²) in [7, 11) is 0. The molecule has 3 rings (SSSR count). The minimum absolute atomic E-state index is 0.352. The van der Waals surface area contributed by atoms with Crippen LogP contribution in [0.5, 0.6) is 0 Å². The van der Waals surface area contributed by atoms with Gasteiger partial charge in [-0.3, -0.25) is 10.1 Å². The second kappa shape index (κ2) is 4.96. The third-order valence-corrected chi connectivity index (χ3v) is 4.28. The molecule has 0 aliphatic carbocycles. The van der Waals surface area contributed by atoms with Crippen molar-refractivity contribution in [2.24, 2.45) is 0 Å². The second-order valence-corrected chi connectivity index (χ2v) is 6.06. The molecule has 0 saturated heterocycles. The summed E-state index contributed by atoms with van der Waals surface area (Å²) < 4.78 is 5.37. The van der Waals surface area contributed by atoms with Gasteiger partial charge >= 0.3 is 5.97 Å². The van der Waals surface area contributed by atoms with Crippen LogP contribution < -0.4 is 5.32 Å². The van der Waals surface area contributed by atoms with E-state index in [1.807, 2.05) is 24.4 Å². The van der Waals surface area contributed by atoms with Crippen LogP contribution >= 0.6 is 11.3 Å². The standard InChI is InChI=1S/C15H14N2O3S/c1-9-8-21-14(16-9)17-13(19)15(2)7-10-5-3-4-6-11(10)12(18)20-15/h3-6,8H,7H2,1-2H3,(H,16,17,19)/t15-/m1/s1. The quantitative estimate of drug-likeness (QED) is 0.866. The molecule has 1 aliphatic rings. The van der Waals surface area contributed by atoms with E-state index in [4.69, 9.17) is 4.74 Å². The van der Waals surface area contributed by atoms with Crippen molar-refractivity contribution in [1.82, 2.24) is 4.98 Å². The molecule has 0 bridgehead atoms. The first-order valence-electron chi connectivity index (χ1n) is 6.53. The third-order valence-electron chi connectivity index (χ3n) is 3.40. The maximum atomic E-state index is 12.4. The maximum absolute atomic E-state index is 12.4. The third kappa shape index (κ3) is 2.54. The molecule has 1 aromatic heterocycles. The number of cyclic esters (lactones) is 1. The molecule has 5 nitrogen and oxygen atoms in total. The van der Waals surface area contributed by atoms with Gasteiger partial charge < -0.3 is 4.74 Å². The average Bonchev–Trinajstić information content (AvgIpc) is 2.84. The van der Waals surface area contributed by atoms with Crippen LogP contribution in [-0.2, 0) is 16.0 Å². The molecular formula is C15H14N2O3S. The highest BCUT2D eigenvalue weighted by Gasteiger charge is 2.42. The molecule has 2 aromatic rings. The van der Waals surface area contributed by atoms with E-state index < -0.39 is 11.6 Å². The van der Waals surface area contributed by atoms with Crippen molar-refractivity contribution in [3.8, 4) is 0 Å². The van der Waals surface area contributed by atoms with Crippen molar-refractivity contribution in [3.05, 3.63) is 46.5 Å². The van der Waals surface area contributed by atoms with E-state index in [1.54, 1.807) is 19.1 Å². The molecule has 0 saturated carbocycles.